The van der Waals surface area contributed by atoms with Crippen LogP contribution >= 0.6 is 23.2 Å². The van der Waals surface area contributed by atoms with Gasteiger partial charge < -0.3 is 19.7 Å². The van der Waals surface area contributed by atoms with Gasteiger partial charge in [-0.25, -0.2) is 0 Å². The molecule has 206 valence electrons. The van der Waals surface area contributed by atoms with Crippen molar-refractivity contribution in [1.82, 2.24) is 10.2 Å². The van der Waals surface area contributed by atoms with Gasteiger partial charge in [0.05, 0.1) is 12.1 Å². The molecule has 2 amide bonds. The first-order chi connectivity index (χ1) is 19.4. The largest absolute Gasteiger partial charge is 0.497 e. The van der Waals surface area contributed by atoms with Crippen LogP contribution in [-0.2, 0) is 29.1 Å². The van der Waals surface area contributed by atoms with Gasteiger partial charge in [0.1, 0.15) is 17.5 Å². The molecule has 8 heteroatoms. The Morgan fingerprint density at radius 1 is 0.800 bits per heavy atom. The first-order valence-electron chi connectivity index (χ1n) is 12.8. The lowest BCUT2D eigenvalue weighted by molar-refractivity contribution is -0.142. The predicted octanol–water partition coefficient (Wildman–Crippen LogP) is 6.34. The summed E-state index contributed by atoms with van der Waals surface area (Å²) in [5, 5.41) is 4.02. The van der Waals surface area contributed by atoms with Crippen molar-refractivity contribution in [1.29, 1.82) is 0 Å². The molecule has 40 heavy (non-hydrogen) atoms. The van der Waals surface area contributed by atoms with E-state index >= 15 is 0 Å². The fourth-order valence-corrected chi connectivity index (χ4v) is 4.49. The summed E-state index contributed by atoms with van der Waals surface area (Å²) in [4.78, 5) is 29.0. The third-order valence-electron chi connectivity index (χ3n) is 6.35. The van der Waals surface area contributed by atoms with Crippen molar-refractivity contribution in [2.24, 2.45) is 0 Å². The molecule has 0 spiro atoms. The highest BCUT2D eigenvalue weighted by molar-refractivity contribution is 6.32. The molecule has 0 unspecified atom stereocenters. The van der Waals surface area contributed by atoms with Crippen LogP contribution in [0.2, 0.25) is 10.0 Å². The molecule has 1 atom stereocenters. The normalized spacial score (nSPS) is 11.4. The van der Waals surface area contributed by atoms with Crippen molar-refractivity contribution in [3.05, 3.63) is 130 Å². The zero-order valence-electron chi connectivity index (χ0n) is 22.1. The van der Waals surface area contributed by atoms with Gasteiger partial charge in [0, 0.05) is 24.5 Å². The second-order valence-electron chi connectivity index (χ2n) is 9.14. The Kier molecular flexibility index (Phi) is 10.4. The maximum absolute atomic E-state index is 13.7. The number of hydrogen-bond donors (Lipinski definition) is 1. The number of nitrogens with zero attached hydrogens (tertiary/aromatic N) is 1. The number of amides is 2. The minimum absolute atomic E-state index is 0.195. The second kappa shape index (κ2) is 14.4. The number of rotatable bonds is 12. The Morgan fingerprint density at radius 3 is 2.12 bits per heavy atom. The Labute approximate surface area is 244 Å². The van der Waals surface area contributed by atoms with Gasteiger partial charge in [-0.2, -0.15) is 0 Å². The molecule has 0 aromatic heterocycles. The van der Waals surface area contributed by atoms with Gasteiger partial charge in [0.25, 0.3) is 5.91 Å². The van der Waals surface area contributed by atoms with Gasteiger partial charge >= 0.3 is 0 Å². The van der Waals surface area contributed by atoms with Gasteiger partial charge in [0.15, 0.2) is 6.61 Å². The quantitative estimate of drug-likeness (QED) is 0.214. The number of hydrogen-bond acceptors (Lipinski definition) is 4. The Morgan fingerprint density at radius 2 is 1.45 bits per heavy atom. The molecule has 0 aliphatic heterocycles. The van der Waals surface area contributed by atoms with E-state index in [1.54, 1.807) is 48.4 Å². The lowest BCUT2D eigenvalue weighted by atomic mass is 10.0. The molecule has 0 aliphatic carbocycles. The number of ether oxygens (including phenoxy) is 2. The molecule has 4 aromatic carbocycles. The number of para-hydroxylation sites is 1. The number of nitrogens with one attached hydrogen (secondary N) is 1. The Bertz CT molecular complexity index is 1400. The minimum Gasteiger partial charge on any atom is -0.497 e. The van der Waals surface area contributed by atoms with Crippen molar-refractivity contribution in [2.45, 2.75) is 25.6 Å². The van der Waals surface area contributed by atoms with Crippen LogP contribution in [0.4, 0.5) is 0 Å². The van der Waals surface area contributed by atoms with Crippen LogP contribution in [0.25, 0.3) is 0 Å². The van der Waals surface area contributed by atoms with Crippen LogP contribution in [0.3, 0.4) is 0 Å². The smallest absolute Gasteiger partial charge is 0.261 e. The molecule has 0 aliphatic rings. The van der Waals surface area contributed by atoms with Crippen molar-refractivity contribution in [3.8, 4) is 11.5 Å². The average molecular weight is 578 g/mol. The highest BCUT2D eigenvalue weighted by atomic mass is 35.5. The molecule has 4 rings (SSSR count). The zero-order chi connectivity index (χ0) is 28.3. The first-order valence-corrected chi connectivity index (χ1v) is 13.5. The van der Waals surface area contributed by atoms with Crippen LogP contribution < -0.4 is 14.8 Å². The van der Waals surface area contributed by atoms with E-state index in [1.165, 1.54) is 0 Å². The molecule has 6 nitrogen and oxygen atoms in total. The number of halogens is 2. The third-order valence-corrected chi connectivity index (χ3v) is 6.92. The molecule has 4 aromatic rings. The zero-order valence-corrected chi connectivity index (χ0v) is 23.6. The first kappa shape index (κ1) is 29.0. The van der Waals surface area contributed by atoms with Crippen LogP contribution in [0.1, 0.15) is 16.7 Å². The Balaban J connectivity index is 1.61. The van der Waals surface area contributed by atoms with Crippen LogP contribution in [-0.4, -0.2) is 36.5 Å². The van der Waals surface area contributed by atoms with Gasteiger partial charge in [-0.05, 0) is 53.1 Å². The standard InChI is InChI=1S/C32H30Cl2N2O4/c1-39-27-17-13-25(14-18-27)21-36(31(37)22-40-30-10-6-5-9-28(30)34)29(19-23-7-3-2-4-8-23)32(38)35-20-24-11-15-26(33)16-12-24/h2-18,29H,19-22H2,1H3,(H,35,38)/t29-/m1/s1. The molecule has 0 saturated heterocycles. The van der Waals surface area contributed by atoms with E-state index in [-0.39, 0.29) is 25.0 Å². The summed E-state index contributed by atoms with van der Waals surface area (Å²) < 4.78 is 11.1. The Hall–Kier alpha value is -4.00. The summed E-state index contributed by atoms with van der Waals surface area (Å²) >= 11 is 12.3. The van der Waals surface area contributed by atoms with Crippen LogP contribution in [0, 0.1) is 0 Å². The lowest BCUT2D eigenvalue weighted by Gasteiger charge is -2.31. The van der Waals surface area contributed by atoms with Gasteiger partial charge in [-0.3, -0.25) is 9.59 Å². The van der Waals surface area contributed by atoms with E-state index in [9.17, 15) is 9.59 Å². The second-order valence-corrected chi connectivity index (χ2v) is 9.98. The minimum atomic E-state index is -0.806. The van der Waals surface area contributed by atoms with Gasteiger partial charge in [-0.1, -0.05) is 89.9 Å². The molecule has 0 fully saturated rings. The van der Waals surface area contributed by atoms with Crippen LogP contribution in [0.5, 0.6) is 11.5 Å². The molecule has 0 heterocycles. The fraction of sp³-hybridized carbons (Fsp3) is 0.188. The molecule has 0 radical (unpaired) electrons. The monoisotopic (exact) mass is 576 g/mol. The SMILES string of the molecule is COc1ccc(CN(C(=O)COc2ccccc2Cl)[C@H](Cc2ccccc2)C(=O)NCc2ccc(Cl)cc2)cc1. The maximum atomic E-state index is 13.7. The maximum Gasteiger partial charge on any atom is 0.261 e. The molecule has 1 N–H and O–H groups in total. The van der Waals surface area contributed by atoms with Gasteiger partial charge in [-0.15, -0.1) is 0 Å². The summed E-state index contributed by atoms with van der Waals surface area (Å²) in [6.07, 6.45) is 0.321. The average Bonchev–Trinajstić information content (AvgIpc) is 2.98. The van der Waals surface area contributed by atoms with Crippen molar-refractivity contribution < 1.29 is 19.1 Å². The fourth-order valence-electron chi connectivity index (χ4n) is 4.18. The summed E-state index contributed by atoms with van der Waals surface area (Å²) in [7, 11) is 1.60. The topological polar surface area (TPSA) is 67.9 Å². The van der Waals surface area contributed by atoms with Crippen molar-refractivity contribution >= 4 is 35.0 Å². The highest BCUT2D eigenvalue weighted by Gasteiger charge is 2.30. The number of carbonyl (C=O) groups excluding carboxylic acids is 2. The van der Waals surface area contributed by atoms with E-state index in [1.807, 2.05) is 66.7 Å². The third kappa shape index (κ3) is 8.25. The van der Waals surface area contributed by atoms with Gasteiger partial charge in [0.2, 0.25) is 5.91 Å². The molecule has 0 saturated carbocycles. The van der Waals surface area contributed by atoms with E-state index in [0.29, 0.717) is 34.5 Å². The molecule has 0 bridgehead atoms. The summed E-state index contributed by atoms with van der Waals surface area (Å²) in [6.45, 7) is 0.207. The highest BCUT2D eigenvalue weighted by Crippen LogP contribution is 2.24. The van der Waals surface area contributed by atoms with Crippen molar-refractivity contribution in [3.63, 3.8) is 0 Å². The molecular weight excluding hydrogens is 547 g/mol. The number of benzene rings is 4. The number of carbonyl (C=O) groups is 2. The summed E-state index contributed by atoms with van der Waals surface area (Å²) in [6, 6.07) is 30.4. The van der Waals surface area contributed by atoms with E-state index in [2.05, 4.69) is 5.32 Å². The summed E-state index contributed by atoms with van der Waals surface area (Å²) in [5.74, 6) is 0.468. The summed E-state index contributed by atoms with van der Waals surface area (Å²) in [5.41, 5.74) is 2.66. The number of methoxy groups -OCH3 is 1. The van der Waals surface area contributed by atoms with E-state index < -0.39 is 6.04 Å². The predicted molar refractivity (Wildman–Crippen MR) is 158 cm³/mol. The molecular formula is C32H30Cl2N2O4. The lowest BCUT2D eigenvalue weighted by Crippen LogP contribution is -2.51. The van der Waals surface area contributed by atoms with E-state index in [4.69, 9.17) is 32.7 Å². The van der Waals surface area contributed by atoms with E-state index in [0.717, 1.165) is 16.7 Å². The van der Waals surface area contributed by atoms with Crippen molar-refractivity contribution in [2.75, 3.05) is 13.7 Å². The van der Waals surface area contributed by atoms with Crippen LogP contribution in [0.15, 0.2) is 103 Å².